The van der Waals surface area contributed by atoms with Gasteiger partial charge in [0.25, 0.3) is 0 Å². The van der Waals surface area contributed by atoms with Gasteiger partial charge < -0.3 is 18.9 Å². The zero-order valence-corrected chi connectivity index (χ0v) is 14.5. The molecule has 0 aliphatic heterocycles. The average Bonchev–Trinajstić information content (AvgIpc) is 2.54. The van der Waals surface area contributed by atoms with E-state index in [1.165, 1.54) is 0 Å². The van der Waals surface area contributed by atoms with Crippen LogP contribution in [0.5, 0.6) is 0 Å². The summed E-state index contributed by atoms with van der Waals surface area (Å²) in [5.74, 6) is 7.79. The highest BCUT2D eigenvalue weighted by Gasteiger charge is 2.15. The van der Waals surface area contributed by atoms with Gasteiger partial charge in [0.2, 0.25) is 0 Å². The van der Waals surface area contributed by atoms with Crippen molar-refractivity contribution < 1.29 is 23.7 Å². The Morgan fingerprint density at radius 1 is 1.00 bits per heavy atom. The lowest BCUT2D eigenvalue weighted by Gasteiger charge is -2.27. The van der Waals surface area contributed by atoms with Crippen LogP contribution in [0.4, 0.5) is 0 Å². The summed E-state index contributed by atoms with van der Waals surface area (Å²) in [7, 11) is 4.94. The molecule has 0 fully saturated rings. The molecule has 0 aliphatic carbocycles. The molecule has 8 heteroatoms. The average molecular weight is 323 g/mol. The Kier molecular flexibility index (Phi) is 17.7. The maximum atomic E-state index is 11.6. The van der Waals surface area contributed by atoms with Gasteiger partial charge in [0.1, 0.15) is 6.61 Å². The normalized spacial score (nSPS) is 13.3. The Bertz CT molecular complexity index is 245. The predicted octanol–water partition coefficient (Wildman–Crippen LogP) is -0.243. The van der Waals surface area contributed by atoms with Crippen LogP contribution in [0.25, 0.3) is 0 Å². The highest BCUT2D eigenvalue weighted by atomic mass is 16.6. The van der Waals surface area contributed by atoms with Crippen molar-refractivity contribution in [3.05, 3.63) is 0 Å². The smallest absolute Gasteiger partial charge is 0.307 e. The fourth-order valence-corrected chi connectivity index (χ4v) is 1.69. The Morgan fingerprint density at radius 2 is 1.50 bits per heavy atom. The van der Waals surface area contributed by atoms with Crippen LogP contribution in [0.2, 0.25) is 0 Å². The van der Waals surface area contributed by atoms with E-state index in [2.05, 4.69) is 16.6 Å². The third kappa shape index (κ3) is 14.2. The predicted molar refractivity (Wildman–Crippen MR) is 85.2 cm³/mol. The van der Waals surface area contributed by atoms with Crippen LogP contribution in [0.15, 0.2) is 0 Å². The molecule has 0 bridgehead atoms. The first-order valence-electron chi connectivity index (χ1n) is 7.29. The second kappa shape index (κ2) is 16.6. The lowest BCUT2D eigenvalue weighted by Crippen LogP contribution is -2.39. The van der Waals surface area contributed by atoms with Crippen LogP contribution in [0.1, 0.15) is 20.3 Å². The number of hydrazine groups is 1. The highest BCUT2D eigenvalue weighted by Crippen LogP contribution is 2.02. The summed E-state index contributed by atoms with van der Waals surface area (Å²) in [6.45, 7) is 6.89. The minimum absolute atomic E-state index is 0.114. The van der Waals surface area contributed by atoms with E-state index >= 15 is 0 Å². The van der Waals surface area contributed by atoms with Crippen LogP contribution in [0, 0.1) is 0 Å². The van der Waals surface area contributed by atoms with Crippen molar-refractivity contribution in [3.8, 4) is 0 Å². The summed E-state index contributed by atoms with van der Waals surface area (Å²) in [6, 6.07) is 0. The van der Waals surface area contributed by atoms with Crippen molar-refractivity contribution in [1.29, 1.82) is 0 Å². The standard InChI is InChI=1S/C14H29NO5.H4N2/c1-12(18-4)10-15(11-13(2)19-5)7-6-14(16)20-9-8-17-3;1-2/h12-13H,6-11H2,1-5H3;1-2H2. The molecule has 2 unspecified atom stereocenters. The Labute approximate surface area is 134 Å². The maximum Gasteiger partial charge on any atom is 0.307 e. The second-order valence-corrected chi connectivity index (χ2v) is 4.82. The lowest BCUT2D eigenvalue weighted by molar-refractivity contribution is -0.145. The first kappa shape index (κ1) is 23.5. The van der Waals surface area contributed by atoms with E-state index in [1.54, 1.807) is 21.3 Å². The van der Waals surface area contributed by atoms with Gasteiger partial charge in [-0.2, -0.15) is 0 Å². The number of nitrogens with zero attached hydrogens (tertiary/aromatic N) is 1. The van der Waals surface area contributed by atoms with Crippen LogP contribution < -0.4 is 11.7 Å². The van der Waals surface area contributed by atoms with Crippen molar-refractivity contribution >= 4 is 5.97 Å². The van der Waals surface area contributed by atoms with E-state index < -0.39 is 0 Å². The van der Waals surface area contributed by atoms with E-state index in [1.807, 2.05) is 13.8 Å². The Morgan fingerprint density at radius 3 is 1.91 bits per heavy atom. The van der Waals surface area contributed by atoms with Crippen LogP contribution in [-0.2, 0) is 23.7 Å². The molecule has 2 atom stereocenters. The Balaban J connectivity index is 0. The van der Waals surface area contributed by atoms with Gasteiger partial charge in [-0.1, -0.05) is 0 Å². The first-order valence-corrected chi connectivity index (χ1v) is 7.29. The molecule has 0 heterocycles. The minimum Gasteiger partial charge on any atom is -0.463 e. The molecule has 0 saturated carbocycles. The van der Waals surface area contributed by atoms with Crippen molar-refractivity contribution in [2.75, 3.05) is 54.2 Å². The number of methoxy groups -OCH3 is 3. The molecule has 0 aromatic carbocycles. The van der Waals surface area contributed by atoms with Gasteiger partial charge in [-0.05, 0) is 13.8 Å². The molecule has 0 saturated heterocycles. The van der Waals surface area contributed by atoms with E-state index in [4.69, 9.17) is 18.9 Å². The van der Waals surface area contributed by atoms with Crippen molar-refractivity contribution in [3.63, 3.8) is 0 Å². The molecule has 0 amide bonds. The number of ether oxygens (including phenoxy) is 4. The monoisotopic (exact) mass is 323 g/mol. The maximum absolute atomic E-state index is 11.6. The summed E-state index contributed by atoms with van der Waals surface area (Å²) in [5.41, 5.74) is 0. The van der Waals surface area contributed by atoms with Gasteiger partial charge in [-0.25, -0.2) is 0 Å². The molecule has 0 rings (SSSR count). The molecule has 0 aliphatic rings. The number of rotatable bonds is 12. The van der Waals surface area contributed by atoms with Gasteiger partial charge in [0.05, 0.1) is 25.2 Å². The fourth-order valence-electron chi connectivity index (χ4n) is 1.69. The third-order valence-electron chi connectivity index (χ3n) is 3.02. The highest BCUT2D eigenvalue weighted by molar-refractivity contribution is 5.69. The molecule has 0 radical (unpaired) electrons. The molecular weight excluding hydrogens is 290 g/mol. The molecule has 0 aromatic rings. The number of hydrogen-bond donors (Lipinski definition) is 2. The Hall–Kier alpha value is -0.770. The number of carbonyl (C=O) groups excluding carboxylic acids is 1. The van der Waals surface area contributed by atoms with E-state index in [9.17, 15) is 4.79 Å². The largest absolute Gasteiger partial charge is 0.463 e. The fraction of sp³-hybridized carbons (Fsp3) is 0.929. The van der Waals surface area contributed by atoms with Gasteiger partial charge in [-0.3, -0.25) is 21.4 Å². The minimum atomic E-state index is -0.206. The summed E-state index contributed by atoms with van der Waals surface area (Å²) in [4.78, 5) is 13.7. The van der Waals surface area contributed by atoms with Crippen molar-refractivity contribution in [1.82, 2.24) is 4.90 Å². The third-order valence-corrected chi connectivity index (χ3v) is 3.02. The zero-order chi connectivity index (χ0) is 17.4. The number of hydrogen-bond acceptors (Lipinski definition) is 8. The number of carbonyl (C=O) groups is 1. The first-order chi connectivity index (χ1) is 10.5. The van der Waals surface area contributed by atoms with Crippen LogP contribution in [-0.4, -0.2) is 77.3 Å². The lowest BCUT2D eigenvalue weighted by atomic mass is 10.2. The molecular formula is C14H33N3O5. The molecule has 8 nitrogen and oxygen atoms in total. The van der Waals surface area contributed by atoms with Gasteiger partial charge in [-0.15, -0.1) is 0 Å². The van der Waals surface area contributed by atoms with Gasteiger partial charge in [0, 0.05) is 41.0 Å². The molecule has 0 spiro atoms. The van der Waals surface area contributed by atoms with Crippen LogP contribution in [0.3, 0.4) is 0 Å². The quantitative estimate of drug-likeness (QED) is 0.219. The van der Waals surface area contributed by atoms with Crippen molar-refractivity contribution in [2.45, 2.75) is 32.5 Å². The van der Waals surface area contributed by atoms with Gasteiger partial charge >= 0.3 is 5.97 Å². The molecule has 134 valence electrons. The summed E-state index contributed by atoms with van der Waals surface area (Å²) in [5, 5.41) is 0. The van der Waals surface area contributed by atoms with E-state index in [0.29, 0.717) is 26.2 Å². The summed E-state index contributed by atoms with van der Waals surface area (Å²) < 4.78 is 20.4. The second-order valence-electron chi connectivity index (χ2n) is 4.82. The molecule has 0 aromatic heterocycles. The van der Waals surface area contributed by atoms with Crippen LogP contribution >= 0.6 is 0 Å². The number of nitrogens with two attached hydrogens (primary N) is 2. The van der Waals surface area contributed by atoms with Gasteiger partial charge in [0.15, 0.2) is 0 Å². The van der Waals surface area contributed by atoms with E-state index in [-0.39, 0.29) is 18.2 Å². The number of esters is 1. The summed E-state index contributed by atoms with van der Waals surface area (Å²) >= 11 is 0. The van der Waals surface area contributed by atoms with Crippen molar-refractivity contribution in [2.24, 2.45) is 11.7 Å². The van der Waals surface area contributed by atoms with E-state index in [0.717, 1.165) is 13.1 Å². The SMILES string of the molecule is COCCOC(=O)CCN(CC(C)OC)CC(C)OC.NN. The summed E-state index contributed by atoms with van der Waals surface area (Å²) in [6.07, 6.45) is 0.587. The zero-order valence-electron chi connectivity index (χ0n) is 14.5. The molecule has 4 N–H and O–H groups in total. The molecule has 22 heavy (non-hydrogen) atoms. The topological polar surface area (TPSA) is 109 Å².